The van der Waals surface area contributed by atoms with Gasteiger partial charge in [0.25, 0.3) is 5.91 Å². The fourth-order valence-corrected chi connectivity index (χ4v) is 3.28. The van der Waals surface area contributed by atoms with Gasteiger partial charge < -0.3 is 5.11 Å². The normalized spacial score (nSPS) is 10.4. The lowest BCUT2D eigenvalue weighted by Crippen LogP contribution is -2.12. The SMILES string of the molecule is O=C(O)CSc1nnc(NC(=O)c2ccc(F)cc2Br)s1. The van der Waals surface area contributed by atoms with Crippen LogP contribution in [0.25, 0.3) is 0 Å². The number of thioether (sulfide) groups is 1. The first kappa shape index (κ1) is 15.9. The monoisotopic (exact) mass is 391 g/mol. The highest BCUT2D eigenvalue weighted by Crippen LogP contribution is 2.26. The van der Waals surface area contributed by atoms with Crippen LogP contribution in [0, 0.1) is 5.82 Å². The molecule has 0 spiro atoms. The number of carbonyl (C=O) groups excluding carboxylic acids is 1. The number of anilines is 1. The molecule has 2 aromatic rings. The molecule has 0 radical (unpaired) electrons. The van der Waals surface area contributed by atoms with Gasteiger partial charge in [-0.25, -0.2) is 4.39 Å². The highest BCUT2D eigenvalue weighted by Gasteiger charge is 2.14. The van der Waals surface area contributed by atoms with Gasteiger partial charge in [0, 0.05) is 4.47 Å². The fraction of sp³-hybridized carbons (Fsp3) is 0.0909. The molecule has 2 N–H and O–H groups in total. The van der Waals surface area contributed by atoms with E-state index in [4.69, 9.17) is 5.11 Å². The average Bonchev–Trinajstić information content (AvgIpc) is 2.83. The number of halogens is 2. The maximum atomic E-state index is 13.0. The molecule has 21 heavy (non-hydrogen) atoms. The number of aromatic nitrogens is 2. The summed E-state index contributed by atoms with van der Waals surface area (Å²) in [4.78, 5) is 22.4. The third kappa shape index (κ3) is 4.48. The smallest absolute Gasteiger partial charge is 0.313 e. The summed E-state index contributed by atoms with van der Waals surface area (Å²) in [6.07, 6.45) is 0. The van der Waals surface area contributed by atoms with Crippen molar-refractivity contribution < 1.29 is 19.1 Å². The highest BCUT2D eigenvalue weighted by atomic mass is 79.9. The number of nitrogens with zero attached hydrogens (tertiary/aromatic N) is 2. The molecule has 0 unspecified atom stereocenters. The van der Waals surface area contributed by atoms with Crippen molar-refractivity contribution in [3.8, 4) is 0 Å². The molecule has 6 nitrogen and oxygen atoms in total. The van der Waals surface area contributed by atoms with Crippen LogP contribution in [0.3, 0.4) is 0 Å². The highest BCUT2D eigenvalue weighted by molar-refractivity contribution is 9.10. The van der Waals surface area contributed by atoms with Crippen LogP contribution in [0.15, 0.2) is 27.0 Å². The second-order valence-electron chi connectivity index (χ2n) is 3.63. The van der Waals surface area contributed by atoms with E-state index >= 15 is 0 Å². The van der Waals surface area contributed by atoms with Gasteiger partial charge in [-0.1, -0.05) is 23.1 Å². The number of carbonyl (C=O) groups is 2. The van der Waals surface area contributed by atoms with Gasteiger partial charge in [-0.3, -0.25) is 14.9 Å². The summed E-state index contributed by atoms with van der Waals surface area (Å²) in [6.45, 7) is 0. The third-order valence-corrected chi connectivity index (χ3v) is 4.73. The number of aliphatic carboxylic acids is 1. The quantitative estimate of drug-likeness (QED) is 0.601. The average molecular weight is 392 g/mol. The van der Waals surface area contributed by atoms with Crippen LogP contribution >= 0.6 is 39.0 Å². The molecule has 10 heteroatoms. The zero-order chi connectivity index (χ0) is 15.4. The van der Waals surface area contributed by atoms with E-state index in [1.165, 1.54) is 18.2 Å². The molecule has 0 bridgehead atoms. The molecule has 0 aliphatic rings. The summed E-state index contributed by atoms with van der Waals surface area (Å²) >= 11 is 5.18. The van der Waals surface area contributed by atoms with Crippen LogP contribution in [0.1, 0.15) is 10.4 Å². The zero-order valence-corrected chi connectivity index (χ0v) is 13.4. The first-order valence-corrected chi connectivity index (χ1v) is 7.99. The third-order valence-electron chi connectivity index (χ3n) is 2.12. The summed E-state index contributed by atoms with van der Waals surface area (Å²) in [5, 5.41) is 18.8. The van der Waals surface area contributed by atoms with E-state index in [1.54, 1.807) is 0 Å². The van der Waals surface area contributed by atoms with Crippen LogP contribution in [0.5, 0.6) is 0 Å². The van der Waals surface area contributed by atoms with Crippen molar-refractivity contribution in [3.63, 3.8) is 0 Å². The van der Waals surface area contributed by atoms with E-state index in [2.05, 4.69) is 31.4 Å². The Hall–Kier alpha value is -1.52. The van der Waals surface area contributed by atoms with Gasteiger partial charge >= 0.3 is 5.97 Å². The Morgan fingerprint density at radius 2 is 2.19 bits per heavy atom. The largest absolute Gasteiger partial charge is 0.481 e. The molecule has 0 saturated carbocycles. The Bertz CT molecular complexity index is 695. The van der Waals surface area contributed by atoms with Crippen molar-refractivity contribution in [1.82, 2.24) is 10.2 Å². The molecule has 110 valence electrons. The number of nitrogens with one attached hydrogen (secondary N) is 1. The van der Waals surface area contributed by atoms with Crippen molar-refractivity contribution in [2.75, 3.05) is 11.1 Å². The van der Waals surface area contributed by atoms with Gasteiger partial charge in [-0.15, -0.1) is 10.2 Å². The number of rotatable bonds is 5. The minimum absolute atomic E-state index is 0.133. The second-order valence-corrected chi connectivity index (χ2v) is 6.69. The molecule has 0 aliphatic heterocycles. The lowest BCUT2D eigenvalue weighted by Gasteiger charge is -2.03. The van der Waals surface area contributed by atoms with E-state index in [0.717, 1.165) is 23.1 Å². The molecular formula is C11H7BrFN3O3S2. The number of carboxylic acid groups (broad SMARTS) is 1. The van der Waals surface area contributed by atoms with Crippen molar-refractivity contribution in [3.05, 3.63) is 34.1 Å². The molecule has 0 saturated heterocycles. The molecule has 0 atom stereocenters. The maximum Gasteiger partial charge on any atom is 0.313 e. The Balaban J connectivity index is 2.04. The predicted octanol–water partition coefficient (Wildman–Crippen LogP) is 2.87. The Kier molecular flexibility index (Phi) is 5.26. The van der Waals surface area contributed by atoms with Gasteiger partial charge in [0.1, 0.15) is 5.82 Å². The van der Waals surface area contributed by atoms with Crippen LogP contribution in [0.2, 0.25) is 0 Å². The summed E-state index contributed by atoms with van der Waals surface area (Å²) < 4.78 is 13.7. The number of carboxylic acids is 1. The molecule has 1 aromatic carbocycles. The predicted molar refractivity (Wildman–Crippen MR) is 80.3 cm³/mol. The summed E-state index contributed by atoms with van der Waals surface area (Å²) in [7, 11) is 0. The van der Waals surface area contributed by atoms with Crippen LogP contribution in [-0.4, -0.2) is 32.9 Å². The van der Waals surface area contributed by atoms with E-state index in [9.17, 15) is 14.0 Å². The van der Waals surface area contributed by atoms with E-state index in [-0.39, 0.29) is 16.4 Å². The topological polar surface area (TPSA) is 92.2 Å². The maximum absolute atomic E-state index is 13.0. The summed E-state index contributed by atoms with van der Waals surface area (Å²) in [5.74, 6) is -2.02. The van der Waals surface area contributed by atoms with E-state index in [1.807, 2.05) is 0 Å². The summed E-state index contributed by atoms with van der Waals surface area (Å²) in [5.41, 5.74) is 0.256. The minimum Gasteiger partial charge on any atom is -0.481 e. The molecule has 2 rings (SSSR count). The van der Waals surface area contributed by atoms with Gasteiger partial charge in [-0.2, -0.15) is 0 Å². The van der Waals surface area contributed by atoms with Crippen LogP contribution < -0.4 is 5.32 Å². The first-order chi connectivity index (χ1) is 9.95. The number of benzene rings is 1. The fourth-order valence-electron chi connectivity index (χ4n) is 1.28. The summed E-state index contributed by atoms with van der Waals surface area (Å²) in [6, 6.07) is 3.70. The number of hydrogen-bond donors (Lipinski definition) is 2. The lowest BCUT2D eigenvalue weighted by molar-refractivity contribution is -0.133. The van der Waals surface area contributed by atoms with E-state index < -0.39 is 17.7 Å². The molecule has 0 aliphatic carbocycles. The van der Waals surface area contributed by atoms with E-state index in [0.29, 0.717) is 8.81 Å². The van der Waals surface area contributed by atoms with Gasteiger partial charge in [-0.05, 0) is 34.1 Å². The molecule has 1 amide bonds. The Labute approximate surface area is 134 Å². The Morgan fingerprint density at radius 1 is 1.43 bits per heavy atom. The minimum atomic E-state index is -0.962. The molecule has 1 heterocycles. The van der Waals surface area contributed by atoms with Gasteiger partial charge in [0.2, 0.25) is 5.13 Å². The molecule has 1 aromatic heterocycles. The molecular weight excluding hydrogens is 385 g/mol. The van der Waals surface area contributed by atoms with Crippen LogP contribution in [-0.2, 0) is 4.79 Å². The van der Waals surface area contributed by atoms with Crippen LogP contribution in [0.4, 0.5) is 9.52 Å². The van der Waals surface area contributed by atoms with Gasteiger partial charge in [0.05, 0.1) is 11.3 Å². The van der Waals surface area contributed by atoms with Crippen molar-refractivity contribution in [2.24, 2.45) is 0 Å². The number of hydrogen-bond acceptors (Lipinski definition) is 6. The molecule has 0 fully saturated rings. The van der Waals surface area contributed by atoms with Crippen molar-refractivity contribution >= 4 is 56.0 Å². The van der Waals surface area contributed by atoms with Crippen molar-refractivity contribution in [1.29, 1.82) is 0 Å². The Morgan fingerprint density at radius 3 is 2.86 bits per heavy atom. The second kappa shape index (κ2) is 6.96. The number of amides is 1. The lowest BCUT2D eigenvalue weighted by atomic mass is 10.2. The van der Waals surface area contributed by atoms with Crippen molar-refractivity contribution in [2.45, 2.75) is 4.34 Å². The van der Waals surface area contributed by atoms with Gasteiger partial charge in [0.15, 0.2) is 4.34 Å². The first-order valence-electron chi connectivity index (χ1n) is 5.40. The standard InChI is InChI=1S/C11H7BrFN3O3S2/c12-7-3-5(13)1-2-6(7)9(19)14-10-15-16-11(21-10)20-4-8(17)18/h1-3H,4H2,(H,17,18)(H,14,15,19). The zero-order valence-electron chi connectivity index (χ0n) is 10.2.